The Morgan fingerprint density at radius 2 is 1.05 bits per heavy atom. The molecule has 0 spiro atoms. The van der Waals surface area contributed by atoms with Crippen LogP contribution in [0.4, 0.5) is 8.78 Å². The van der Waals surface area contributed by atoms with E-state index in [4.69, 9.17) is 10.1 Å². The van der Waals surface area contributed by atoms with Gasteiger partial charge < -0.3 is 10.1 Å². The standard InChI is InChI=1S/C14H12F2O.CH3N.ClH/c15-13-5-1-11(2-6-13)9-17-10-12-3-7-14(16)8-4-12;1-2;/h1-8H,9-10H2;2H,1H2;1H. The van der Waals surface area contributed by atoms with Crippen LogP contribution >= 0.6 is 12.4 Å². The normalized spacial score (nSPS) is 9.10. The van der Waals surface area contributed by atoms with Crippen molar-refractivity contribution in [2.24, 2.45) is 0 Å². The van der Waals surface area contributed by atoms with Crippen molar-refractivity contribution < 1.29 is 13.5 Å². The van der Waals surface area contributed by atoms with Gasteiger partial charge in [-0.1, -0.05) is 24.3 Å². The third-order valence-corrected chi connectivity index (χ3v) is 2.36. The van der Waals surface area contributed by atoms with E-state index >= 15 is 0 Å². The average Bonchev–Trinajstić information content (AvgIpc) is 2.45. The molecule has 0 fully saturated rings. The minimum absolute atomic E-state index is 0. The molecule has 0 aliphatic heterocycles. The summed E-state index contributed by atoms with van der Waals surface area (Å²) >= 11 is 0. The van der Waals surface area contributed by atoms with E-state index < -0.39 is 0 Å². The SMILES string of the molecule is C=N.Cl.Fc1ccc(COCc2ccc(F)cc2)cc1. The molecule has 0 amide bonds. The highest BCUT2D eigenvalue weighted by atomic mass is 35.5. The molecule has 1 N–H and O–H groups in total. The molecule has 0 bridgehead atoms. The first-order chi connectivity index (χ1) is 9.24. The Kier molecular flexibility index (Phi) is 9.17. The second kappa shape index (κ2) is 10.1. The van der Waals surface area contributed by atoms with E-state index in [2.05, 4.69) is 6.72 Å². The summed E-state index contributed by atoms with van der Waals surface area (Å²) in [7, 11) is 0. The Bertz CT molecular complexity index is 443. The number of hydrogen-bond acceptors (Lipinski definition) is 2. The summed E-state index contributed by atoms with van der Waals surface area (Å²) in [5, 5.41) is 5.50. The summed E-state index contributed by atoms with van der Waals surface area (Å²) in [5.41, 5.74) is 1.82. The Morgan fingerprint density at radius 3 is 1.35 bits per heavy atom. The van der Waals surface area contributed by atoms with Gasteiger partial charge in [0.25, 0.3) is 0 Å². The van der Waals surface area contributed by atoms with Gasteiger partial charge in [0, 0.05) is 0 Å². The van der Waals surface area contributed by atoms with Crippen LogP contribution in [0.1, 0.15) is 11.1 Å². The van der Waals surface area contributed by atoms with E-state index in [1.807, 2.05) is 0 Å². The third-order valence-electron chi connectivity index (χ3n) is 2.36. The highest BCUT2D eigenvalue weighted by Gasteiger charge is 1.96. The number of ether oxygens (including phenoxy) is 1. The molecule has 108 valence electrons. The quantitative estimate of drug-likeness (QED) is 0.836. The second-order valence-electron chi connectivity index (χ2n) is 3.75. The van der Waals surface area contributed by atoms with Crippen LogP contribution in [0.3, 0.4) is 0 Å². The maximum atomic E-state index is 12.6. The van der Waals surface area contributed by atoms with Gasteiger partial charge in [-0.25, -0.2) is 8.78 Å². The molecule has 0 aliphatic carbocycles. The summed E-state index contributed by atoms with van der Waals surface area (Å²) in [6.45, 7) is 3.33. The number of hydrogen-bond donors (Lipinski definition) is 1. The topological polar surface area (TPSA) is 33.1 Å². The lowest BCUT2D eigenvalue weighted by Gasteiger charge is -2.04. The van der Waals surface area contributed by atoms with Crippen LogP contribution in [0.2, 0.25) is 0 Å². The van der Waals surface area contributed by atoms with Crippen molar-refractivity contribution in [3.63, 3.8) is 0 Å². The Balaban J connectivity index is 0.00000115. The van der Waals surface area contributed by atoms with Gasteiger partial charge in [-0.05, 0) is 42.1 Å². The molecule has 0 saturated carbocycles. The van der Waals surface area contributed by atoms with Gasteiger partial charge in [0.15, 0.2) is 0 Å². The van der Waals surface area contributed by atoms with Gasteiger partial charge in [-0.15, -0.1) is 12.4 Å². The molecule has 2 rings (SSSR count). The van der Waals surface area contributed by atoms with E-state index in [-0.39, 0.29) is 24.0 Å². The fourth-order valence-electron chi connectivity index (χ4n) is 1.45. The van der Waals surface area contributed by atoms with Crippen molar-refractivity contribution in [1.82, 2.24) is 0 Å². The zero-order valence-electron chi connectivity index (χ0n) is 10.8. The van der Waals surface area contributed by atoms with E-state index in [1.54, 1.807) is 24.3 Å². The predicted octanol–water partition coefficient (Wildman–Crippen LogP) is 4.37. The third kappa shape index (κ3) is 6.41. The minimum atomic E-state index is -0.257. The van der Waals surface area contributed by atoms with Crippen molar-refractivity contribution in [1.29, 1.82) is 5.41 Å². The zero-order chi connectivity index (χ0) is 14.1. The molecule has 0 aliphatic rings. The number of nitrogens with one attached hydrogen (secondary N) is 1. The summed E-state index contributed by atoms with van der Waals surface area (Å²) in [5.74, 6) is -0.514. The van der Waals surface area contributed by atoms with Crippen molar-refractivity contribution in [2.45, 2.75) is 13.2 Å². The van der Waals surface area contributed by atoms with Crippen LogP contribution in [0.25, 0.3) is 0 Å². The zero-order valence-corrected chi connectivity index (χ0v) is 11.6. The molecular weight excluding hydrogens is 284 g/mol. The predicted molar refractivity (Wildman–Crippen MR) is 78.4 cm³/mol. The first kappa shape index (κ1) is 18.2. The number of benzene rings is 2. The fourth-order valence-corrected chi connectivity index (χ4v) is 1.45. The lowest BCUT2D eigenvalue weighted by Crippen LogP contribution is -1.94. The van der Waals surface area contributed by atoms with Crippen LogP contribution in [0.15, 0.2) is 48.5 Å². The summed E-state index contributed by atoms with van der Waals surface area (Å²) < 4.78 is 30.7. The Morgan fingerprint density at radius 1 is 0.750 bits per heavy atom. The van der Waals surface area contributed by atoms with E-state index in [9.17, 15) is 8.78 Å². The maximum absolute atomic E-state index is 12.6. The van der Waals surface area contributed by atoms with Gasteiger partial charge in [-0.2, -0.15) is 0 Å². The van der Waals surface area contributed by atoms with Crippen molar-refractivity contribution >= 4 is 19.1 Å². The summed E-state index contributed by atoms with van der Waals surface area (Å²) in [4.78, 5) is 0. The smallest absolute Gasteiger partial charge is 0.123 e. The molecule has 2 aromatic rings. The highest BCUT2D eigenvalue weighted by molar-refractivity contribution is 5.85. The van der Waals surface area contributed by atoms with Crippen LogP contribution in [-0.2, 0) is 18.0 Å². The molecule has 0 aromatic heterocycles. The van der Waals surface area contributed by atoms with Crippen LogP contribution in [0, 0.1) is 17.0 Å². The van der Waals surface area contributed by atoms with Gasteiger partial charge in [0.05, 0.1) is 13.2 Å². The lowest BCUT2D eigenvalue weighted by atomic mass is 10.2. The second-order valence-corrected chi connectivity index (χ2v) is 3.75. The Hall–Kier alpha value is -1.78. The van der Waals surface area contributed by atoms with Gasteiger partial charge in [0.1, 0.15) is 11.6 Å². The largest absolute Gasteiger partial charge is 0.372 e. The van der Waals surface area contributed by atoms with E-state index in [1.165, 1.54) is 24.3 Å². The lowest BCUT2D eigenvalue weighted by molar-refractivity contribution is 0.107. The molecule has 2 aromatic carbocycles. The molecule has 0 radical (unpaired) electrons. The van der Waals surface area contributed by atoms with Crippen molar-refractivity contribution in [2.75, 3.05) is 0 Å². The van der Waals surface area contributed by atoms with Crippen LogP contribution in [0.5, 0.6) is 0 Å². The van der Waals surface area contributed by atoms with E-state index in [0.717, 1.165) is 11.1 Å². The number of halogens is 3. The van der Waals surface area contributed by atoms with Crippen LogP contribution in [-0.4, -0.2) is 6.72 Å². The molecule has 20 heavy (non-hydrogen) atoms. The van der Waals surface area contributed by atoms with E-state index in [0.29, 0.717) is 13.2 Å². The van der Waals surface area contributed by atoms with Gasteiger partial charge in [-0.3, -0.25) is 0 Å². The molecule has 5 heteroatoms. The monoisotopic (exact) mass is 299 g/mol. The first-order valence-electron chi connectivity index (χ1n) is 5.66. The average molecular weight is 300 g/mol. The fraction of sp³-hybridized carbons (Fsp3) is 0.133. The summed E-state index contributed by atoms with van der Waals surface area (Å²) in [6, 6.07) is 12.3. The van der Waals surface area contributed by atoms with Gasteiger partial charge >= 0.3 is 0 Å². The van der Waals surface area contributed by atoms with Crippen LogP contribution < -0.4 is 0 Å². The molecule has 2 nitrogen and oxygen atoms in total. The van der Waals surface area contributed by atoms with Crippen molar-refractivity contribution in [3.05, 3.63) is 71.3 Å². The molecule has 0 saturated heterocycles. The molecule has 0 atom stereocenters. The highest BCUT2D eigenvalue weighted by Crippen LogP contribution is 2.08. The Labute approximate surface area is 123 Å². The van der Waals surface area contributed by atoms with Gasteiger partial charge in [0.2, 0.25) is 0 Å². The molecular formula is C15H16ClF2NO. The summed E-state index contributed by atoms with van der Waals surface area (Å²) in [6.07, 6.45) is 0. The number of rotatable bonds is 4. The minimum Gasteiger partial charge on any atom is -0.372 e. The maximum Gasteiger partial charge on any atom is 0.123 e. The molecule has 0 heterocycles. The molecule has 0 unspecified atom stereocenters. The first-order valence-corrected chi connectivity index (χ1v) is 5.66. The van der Waals surface area contributed by atoms with Crippen molar-refractivity contribution in [3.8, 4) is 0 Å².